The van der Waals surface area contributed by atoms with Gasteiger partial charge >= 0.3 is 0 Å². The SMILES string of the molecule is CN(C)CC1CCN(S(=O)(=O)c2cnn(CCCl)c2)CC1. The van der Waals surface area contributed by atoms with Crippen LogP contribution in [-0.2, 0) is 16.6 Å². The molecular formula is C13H23ClN4O2S. The van der Waals surface area contributed by atoms with Gasteiger partial charge in [0, 0.05) is 31.7 Å². The Hall–Kier alpha value is -0.630. The lowest BCUT2D eigenvalue weighted by Crippen LogP contribution is -2.40. The largest absolute Gasteiger partial charge is 0.309 e. The lowest BCUT2D eigenvalue weighted by atomic mass is 9.98. The smallest absolute Gasteiger partial charge is 0.246 e. The van der Waals surface area contributed by atoms with Gasteiger partial charge in [-0.3, -0.25) is 4.68 Å². The topological polar surface area (TPSA) is 58.4 Å². The summed E-state index contributed by atoms with van der Waals surface area (Å²) in [6.45, 7) is 2.70. The molecule has 0 atom stereocenters. The van der Waals surface area contributed by atoms with E-state index in [-0.39, 0.29) is 4.90 Å². The van der Waals surface area contributed by atoms with E-state index in [9.17, 15) is 8.42 Å². The van der Waals surface area contributed by atoms with Crippen LogP contribution in [0.25, 0.3) is 0 Å². The Kier molecular flexibility index (Phi) is 5.65. The van der Waals surface area contributed by atoms with Crippen LogP contribution in [0, 0.1) is 5.92 Å². The van der Waals surface area contributed by atoms with Gasteiger partial charge < -0.3 is 4.90 Å². The molecule has 2 heterocycles. The van der Waals surface area contributed by atoms with Crippen molar-refractivity contribution in [3.05, 3.63) is 12.4 Å². The molecule has 6 nitrogen and oxygen atoms in total. The zero-order valence-corrected chi connectivity index (χ0v) is 14.1. The number of piperidine rings is 1. The van der Waals surface area contributed by atoms with Crippen molar-refractivity contribution < 1.29 is 8.42 Å². The van der Waals surface area contributed by atoms with Crippen LogP contribution in [0.3, 0.4) is 0 Å². The highest BCUT2D eigenvalue weighted by Crippen LogP contribution is 2.23. The van der Waals surface area contributed by atoms with Crippen LogP contribution in [-0.4, -0.2) is 67.0 Å². The van der Waals surface area contributed by atoms with Crippen LogP contribution >= 0.6 is 11.6 Å². The van der Waals surface area contributed by atoms with Crippen molar-refractivity contribution in [3.8, 4) is 0 Å². The molecule has 2 rings (SSSR count). The number of sulfonamides is 1. The number of alkyl halides is 1. The first-order valence-electron chi connectivity index (χ1n) is 7.17. The molecule has 1 aromatic rings. The van der Waals surface area contributed by atoms with Crippen LogP contribution in [0.4, 0.5) is 0 Å². The summed E-state index contributed by atoms with van der Waals surface area (Å²) in [6, 6.07) is 0. The Labute approximate surface area is 131 Å². The fourth-order valence-corrected chi connectivity index (χ4v) is 4.28. The van der Waals surface area contributed by atoms with E-state index < -0.39 is 10.0 Å². The van der Waals surface area contributed by atoms with Gasteiger partial charge in [0.1, 0.15) is 4.90 Å². The Morgan fingerprint density at radius 1 is 1.38 bits per heavy atom. The maximum atomic E-state index is 12.6. The highest BCUT2D eigenvalue weighted by molar-refractivity contribution is 7.89. The zero-order valence-electron chi connectivity index (χ0n) is 12.6. The van der Waals surface area contributed by atoms with Crippen LogP contribution in [0.1, 0.15) is 12.8 Å². The molecule has 0 saturated carbocycles. The fraction of sp³-hybridized carbons (Fsp3) is 0.769. The maximum Gasteiger partial charge on any atom is 0.246 e. The monoisotopic (exact) mass is 334 g/mol. The third-order valence-electron chi connectivity index (χ3n) is 3.76. The molecule has 0 bridgehead atoms. The zero-order chi connectivity index (χ0) is 15.5. The van der Waals surface area contributed by atoms with Crippen molar-refractivity contribution in [3.63, 3.8) is 0 Å². The molecule has 1 aromatic heterocycles. The molecule has 0 aliphatic carbocycles. The summed E-state index contributed by atoms with van der Waals surface area (Å²) in [4.78, 5) is 2.42. The van der Waals surface area contributed by atoms with Gasteiger partial charge in [-0.25, -0.2) is 8.42 Å². The number of rotatable bonds is 6. The molecule has 1 fully saturated rings. The second-order valence-corrected chi connectivity index (χ2v) is 8.05. The minimum atomic E-state index is -3.42. The predicted octanol–water partition coefficient (Wildman–Crippen LogP) is 1.08. The van der Waals surface area contributed by atoms with Crippen molar-refractivity contribution in [2.24, 2.45) is 5.92 Å². The molecule has 0 amide bonds. The average Bonchev–Trinajstić information content (AvgIpc) is 2.88. The summed E-state index contributed by atoms with van der Waals surface area (Å²) in [7, 11) is 0.682. The van der Waals surface area contributed by atoms with Gasteiger partial charge in [0.05, 0.1) is 12.7 Å². The van der Waals surface area contributed by atoms with Gasteiger partial charge in [0.25, 0.3) is 0 Å². The lowest BCUT2D eigenvalue weighted by molar-refractivity contribution is 0.225. The molecule has 0 N–H and O–H groups in total. The predicted molar refractivity (Wildman–Crippen MR) is 83.0 cm³/mol. The van der Waals surface area contributed by atoms with Crippen molar-refractivity contribution in [1.82, 2.24) is 19.0 Å². The first-order valence-corrected chi connectivity index (χ1v) is 9.14. The third kappa shape index (κ3) is 4.18. The van der Waals surface area contributed by atoms with E-state index in [1.54, 1.807) is 15.2 Å². The van der Waals surface area contributed by atoms with Gasteiger partial charge in [-0.15, -0.1) is 11.6 Å². The van der Waals surface area contributed by atoms with E-state index in [1.807, 2.05) is 14.1 Å². The van der Waals surface area contributed by atoms with Crippen LogP contribution in [0.15, 0.2) is 17.3 Å². The molecule has 120 valence electrons. The van der Waals surface area contributed by atoms with Gasteiger partial charge in [-0.05, 0) is 32.9 Å². The standard InChI is InChI=1S/C13H23ClN4O2S/c1-16(2)10-12-3-6-18(7-4-12)21(19,20)13-9-15-17(11-13)8-5-14/h9,11-12H,3-8,10H2,1-2H3. The summed E-state index contributed by atoms with van der Waals surface area (Å²) in [5, 5.41) is 4.04. The lowest BCUT2D eigenvalue weighted by Gasteiger charge is -2.32. The highest BCUT2D eigenvalue weighted by Gasteiger charge is 2.30. The minimum absolute atomic E-state index is 0.263. The molecule has 1 aliphatic rings. The number of hydrogen-bond donors (Lipinski definition) is 0. The Morgan fingerprint density at radius 3 is 2.62 bits per heavy atom. The summed E-state index contributed by atoms with van der Waals surface area (Å²) >= 11 is 5.64. The summed E-state index contributed by atoms with van der Waals surface area (Å²) in [6.07, 6.45) is 4.79. The summed E-state index contributed by atoms with van der Waals surface area (Å²) in [5.41, 5.74) is 0. The Bertz CT molecular complexity index is 550. The summed E-state index contributed by atoms with van der Waals surface area (Å²) in [5.74, 6) is 0.988. The minimum Gasteiger partial charge on any atom is -0.309 e. The van der Waals surface area contributed by atoms with Gasteiger partial charge in [0.15, 0.2) is 0 Å². The molecule has 21 heavy (non-hydrogen) atoms. The van der Waals surface area contributed by atoms with Crippen LogP contribution in [0.5, 0.6) is 0 Å². The quantitative estimate of drug-likeness (QED) is 0.731. The Balaban J connectivity index is 2.00. The highest BCUT2D eigenvalue weighted by atomic mass is 35.5. The third-order valence-corrected chi connectivity index (χ3v) is 5.78. The van der Waals surface area contributed by atoms with E-state index >= 15 is 0 Å². The first-order chi connectivity index (χ1) is 9.93. The van der Waals surface area contributed by atoms with Crippen LogP contribution < -0.4 is 0 Å². The number of aromatic nitrogens is 2. The van der Waals surface area contributed by atoms with E-state index in [4.69, 9.17) is 11.6 Å². The fourth-order valence-electron chi connectivity index (χ4n) is 2.68. The molecule has 0 unspecified atom stereocenters. The number of hydrogen-bond acceptors (Lipinski definition) is 4. The van der Waals surface area contributed by atoms with Gasteiger partial charge in [0.2, 0.25) is 10.0 Å². The van der Waals surface area contributed by atoms with Crippen molar-refractivity contribution in [2.75, 3.05) is 39.6 Å². The molecule has 0 spiro atoms. The molecule has 1 aliphatic heterocycles. The normalized spacial score (nSPS) is 18.5. The molecule has 0 aromatic carbocycles. The van der Waals surface area contributed by atoms with E-state index in [0.29, 0.717) is 31.4 Å². The molecular weight excluding hydrogens is 312 g/mol. The van der Waals surface area contributed by atoms with Crippen molar-refractivity contribution >= 4 is 21.6 Å². The van der Waals surface area contributed by atoms with E-state index in [2.05, 4.69) is 10.00 Å². The van der Waals surface area contributed by atoms with Gasteiger partial charge in [-0.1, -0.05) is 0 Å². The number of aryl methyl sites for hydroxylation is 1. The summed E-state index contributed by atoms with van der Waals surface area (Å²) < 4.78 is 28.3. The number of halogens is 1. The Morgan fingerprint density at radius 2 is 2.05 bits per heavy atom. The van der Waals surface area contributed by atoms with Gasteiger partial charge in [-0.2, -0.15) is 9.40 Å². The number of nitrogens with zero attached hydrogens (tertiary/aromatic N) is 4. The van der Waals surface area contributed by atoms with E-state index in [0.717, 1.165) is 19.4 Å². The average molecular weight is 335 g/mol. The molecule has 8 heteroatoms. The molecule has 0 radical (unpaired) electrons. The second kappa shape index (κ2) is 7.09. The van der Waals surface area contributed by atoms with Crippen molar-refractivity contribution in [2.45, 2.75) is 24.3 Å². The first kappa shape index (κ1) is 16.7. The van der Waals surface area contributed by atoms with E-state index in [1.165, 1.54) is 6.20 Å². The second-order valence-electron chi connectivity index (χ2n) is 5.74. The van der Waals surface area contributed by atoms with Crippen molar-refractivity contribution in [1.29, 1.82) is 0 Å². The maximum absolute atomic E-state index is 12.6. The van der Waals surface area contributed by atoms with Crippen LogP contribution in [0.2, 0.25) is 0 Å². The molecule has 1 saturated heterocycles.